The second-order valence-electron chi connectivity index (χ2n) is 3.26. The minimum Gasteiger partial charge on any atom is -0.360 e. The average molecular weight is 173 g/mol. The van der Waals surface area contributed by atoms with Crippen LogP contribution in [0.25, 0.3) is 10.9 Å². The van der Waals surface area contributed by atoms with E-state index in [1.807, 2.05) is 31.3 Å². The van der Waals surface area contributed by atoms with E-state index in [-0.39, 0.29) is 5.78 Å². The minimum atomic E-state index is 0.104. The van der Waals surface area contributed by atoms with Crippen LogP contribution in [0.3, 0.4) is 0 Å². The number of nitrogens with one attached hydrogen (secondary N) is 1. The van der Waals surface area contributed by atoms with Crippen LogP contribution in [0.4, 0.5) is 0 Å². The lowest BCUT2D eigenvalue weighted by Gasteiger charge is -1.97. The van der Waals surface area contributed by atoms with Gasteiger partial charge >= 0.3 is 0 Å². The highest BCUT2D eigenvalue weighted by Crippen LogP contribution is 2.20. The van der Waals surface area contributed by atoms with E-state index < -0.39 is 0 Å². The average Bonchev–Trinajstić information content (AvgIpc) is 2.48. The van der Waals surface area contributed by atoms with Crippen molar-refractivity contribution in [3.05, 3.63) is 35.5 Å². The second-order valence-corrected chi connectivity index (χ2v) is 3.26. The van der Waals surface area contributed by atoms with Gasteiger partial charge in [0.15, 0.2) is 5.78 Å². The highest BCUT2D eigenvalue weighted by molar-refractivity contribution is 6.06. The summed E-state index contributed by atoms with van der Waals surface area (Å²) in [6.07, 6.45) is 1.93. The van der Waals surface area contributed by atoms with Gasteiger partial charge in [0.25, 0.3) is 0 Å². The number of aromatic nitrogens is 1. The zero-order valence-corrected chi connectivity index (χ0v) is 7.72. The summed E-state index contributed by atoms with van der Waals surface area (Å²) in [5.41, 5.74) is 2.90. The van der Waals surface area contributed by atoms with Crippen LogP contribution < -0.4 is 0 Å². The number of rotatable bonds is 1. The van der Waals surface area contributed by atoms with Crippen molar-refractivity contribution in [2.75, 3.05) is 0 Å². The Bertz CT molecular complexity index is 468. The van der Waals surface area contributed by atoms with Crippen LogP contribution in [-0.2, 0) is 0 Å². The Hall–Kier alpha value is -1.57. The molecule has 2 heteroatoms. The molecule has 66 valence electrons. The van der Waals surface area contributed by atoms with Crippen molar-refractivity contribution in [1.82, 2.24) is 4.98 Å². The van der Waals surface area contributed by atoms with Crippen molar-refractivity contribution in [2.45, 2.75) is 13.8 Å². The fourth-order valence-electron chi connectivity index (χ4n) is 1.59. The highest BCUT2D eigenvalue weighted by atomic mass is 16.1. The molecule has 0 atom stereocenters. The molecular weight excluding hydrogens is 162 g/mol. The van der Waals surface area contributed by atoms with Gasteiger partial charge < -0.3 is 4.98 Å². The zero-order chi connectivity index (χ0) is 9.42. The summed E-state index contributed by atoms with van der Waals surface area (Å²) >= 11 is 0. The Morgan fingerprint density at radius 2 is 2.15 bits per heavy atom. The quantitative estimate of drug-likeness (QED) is 0.661. The highest BCUT2D eigenvalue weighted by Gasteiger charge is 2.07. The van der Waals surface area contributed by atoms with E-state index in [4.69, 9.17) is 0 Å². The maximum Gasteiger partial charge on any atom is 0.161 e. The van der Waals surface area contributed by atoms with Crippen molar-refractivity contribution in [2.24, 2.45) is 0 Å². The molecule has 1 aromatic carbocycles. The fraction of sp³-hybridized carbons (Fsp3) is 0.182. The number of aryl methyl sites for hydroxylation is 1. The predicted molar refractivity (Wildman–Crippen MR) is 53.0 cm³/mol. The number of carbonyl (C=O) groups excluding carboxylic acids is 1. The standard InChI is InChI=1S/C11H11NO/c1-7-6-12-11-9(7)4-3-5-10(11)8(2)13/h3-6,12H,1-2H3. The largest absolute Gasteiger partial charge is 0.360 e. The van der Waals surface area contributed by atoms with E-state index in [0.29, 0.717) is 0 Å². The number of ketones is 1. The summed E-state index contributed by atoms with van der Waals surface area (Å²) < 4.78 is 0. The summed E-state index contributed by atoms with van der Waals surface area (Å²) in [4.78, 5) is 14.4. The predicted octanol–water partition coefficient (Wildman–Crippen LogP) is 2.68. The molecule has 0 spiro atoms. The molecule has 13 heavy (non-hydrogen) atoms. The molecule has 1 heterocycles. The summed E-state index contributed by atoms with van der Waals surface area (Å²) in [5.74, 6) is 0.104. The summed E-state index contributed by atoms with van der Waals surface area (Å²) in [5, 5.41) is 1.13. The lowest BCUT2D eigenvalue weighted by atomic mass is 10.1. The SMILES string of the molecule is CC(=O)c1cccc2c(C)c[nH]c12. The third-order valence-electron chi connectivity index (χ3n) is 2.30. The van der Waals surface area contributed by atoms with Gasteiger partial charge in [0, 0.05) is 17.1 Å². The van der Waals surface area contributed by atoms with E-state index >= 15 is 0 Å². The third-order valence-corrected chi connectivity index (χ3v) is 2.30. The number of hydrogen-bond acceptors (Lipinski definition) is 1. The number of Topliss-reactive ketones (excluding diaryl/α,β-unsaturated/α-hetero) is 1. The van der Waals surface area contributed by atoms with Gasteiger partial charge in [0.1, 0.15) is 0 Å². The van der Waals surface area contributed by atoms with Gasteiger partial charge in [0.05, 0.1) is 5.52 Å². The van der Waals surface area contributed by atoms with Gasteiger partial charge in [-0.3, -0.25) is 4.79 Å². The summed E-state index contributed by atoms with van der Waals surface area (Å²) in [7, 11) is 0. The minimum absolute atomic E-state index is 0.104. The van der Waals surface area contributed by atoms with E-state index in [1.54, 1.807) is 6.92 Å². The molecule has 0 saturated carbocycles. The summed E-state index contributed by atoms with van der Waals surface area (Å²) in [6.45, 7) is 3.62. The van der Waals surface area contributed by atoms with Crippen LogP contribution in [0.2, 0.25) is 0 Å². The van der Waals surface area contributed by atoms with Crippen molar-refractivity contribution in [1.29, 1.82) is 0 Å². The zero-order valence-electron chi connectivity index (χ0n) is 7.72. The number of aromatic amines is 1. The molecule has 0 aliphatic carbocycles. The number of H-pyrrole nitrogens is 1. The second kappa shape index (κ2) is 2.73. The van der Waals surface area contributed by atoms with Crippen molar-refractivity contribution in [3.63, 3.8) is 0 Å². The number of benzene rings is 1. The molecule has 0 bridgehead atoms. The first-order chi connectivity index (χ1) is 6.20. The van der Waals surface area contributed by atoms with Crippen molar-refractivity contribution < 1.29 is 4.79 Å². The van der Waals surface area contributed by atoms with Crippen LogP contribution in [0.1, 0.15) is 22.8 Å². The first kappa shape index (κ1) is 8.05. The number of para-hydroxylation sites is 1. The Morgan fingerprint density at radius 3 is 2.85 bits per heavy atom. The fourth-order valence-corrected chi connectivity index (χ4v) is 1.59. The molecular formula is C11H11NO. The first-order valence-corrected chi connectivity index (χ1v) is 4.28. The molecule has 2 aromatic rings. The molecule has 0 unspecified atom stereocenters. The lowest BCUT2D eigenvalue weighted by molar-refractivity contribution is 0.101. The Labute approximate surface area is 76.6 Å². The van der Waals surface area contributed by atoms with Crippen LogP contribution in [-0.4, -0.2) is 10.8 Å². The van der Waals surface area contributed by atoms with Crippen molar-refractivity contribution >= 4 is 16.7 Å². The molecule has 0 saturated heterocycles. The third kappa shape index (κ3) is 1.15. The molecule has 0 radical (unpaired) electrons. The van der Waals surface area contributed by atoms with Gasteiger partial charge in [-0.05, 0) is 25.5 Å². The van der Waals surface area contributed by atoms with E-state index in [0.717, 1.165) is 16.5 Å². The molecule has 0 aliphatic heterocycles. The van der Waals surface area contributed by atoms with Crippen LogP contribution >= 0.6 is 0 Å². The van der Waals surface area contributed by atoms with Gasteiger partial charge in [-0.15, -0.1) is 0 Å². The van der Waals surface area contributed by atoms with Crippen molar-refractivity contribution in [3.8, 4) is 0 Å². The molecule has 0 aliphatic rings. The number of fused-ring (bicyclic) bond motifs is 1. The lowest BCUT2D eigenvalue weighted by Crippen LogP contribution is -1.92. The maximum atomic E-state index is 11.2. The Kier molecular flexibility index (Phi) is 1.69. The van der Waals surface area contributed by atoms with Gasteiger partial charge in [-0.25, -0.2) is 0 Å². The smallest absolute Gasteiger partial charge is 0.161 e. The topological polar surface area (TPSA) is 32.9 Å². The first-order valence-electron chi connectivity index (χ1n) is 4.28. The molecule has 0 fully saturated rings. The molecule has 0 amide bonds. The summed E-state index contributed by atoms with van der Waals surface area (Å²) in [6, 6.07) is 5.79. The van der Waals surface area contributed by atoms with E-state index in [2.05, 4.69) is 4.98 Å². The Morgan fingerprint density at radius 1 is 1.38 bits per heavy atom. The normalized spacial score (nSPS) is 10.6. The molecule has 2 rings (SSSR count). The molecule has 2 nitrogen and oxygen atoms in total. The number of carbonyl (C=O) groups is 1. The monoisotopic (exact) mass is 173 g/mol. The van der Waals surface area contributed by atoms with Gasteiger partial charge in [-0.2, -0.15) is 0 Å². The van der Waals surface area contributed by atoms with Gasteiger partial charge in [-0.1, -0.05) is 12.1 Å². The van der Waals surface area contributed by atoms with E-state index in [9.17, 15) is 4.79 Å². The Balaban J connectivity index is 2.84. The molecule has 1 N–H and O–H groups in total. The van der Waals surface area contributed by atoms with Gasteiger partial charge in [0.2, 0.25) is 0 Å². The van der Waals surface area contributed by atoms with Crippen LogP contribution in [0.5, 0.6) is 0 Å². The van der Waals surface area contributed by atoms with Crippen LogP contribution in [0, 0.1) is 6.92 Å². The van der Waals surface area contributed by atoms with E-state index in [1.165, 1.54) is 5.56 Å². The molecule has 1 aromatic heterocycles. The maximum absolute atomic E-state index is 11.2. The number of hydrogen-bond donors (Lipinski definition) is 1. The van der Waals surface area contributed by atoms with Crippen LogP contribution in [0.15, 0.2) is 24.4 Å².